The number of ether oxygens (including phenoxy) is 1. The molecule has 1 unspecified atom stereocenters. The molecule has 2 saturated heterocycles. The van der Waals surface area contributed by atoms with Crippen LogP contribution in [0, 0.1) is 12.8 Å². The van der Waals surface area contributed by atoms with Crippen molar-refractivity contribution in [1.82, 2.24) is 20.1 Å². The zero-order valence-corrected chi connectivity index (χ0v) is 19.9. The summed E-state index contributed by atoms with van der Waals surface area (Å²) in [7, 11) is 1.65. The number of aryl methyl sites for hydroxylation is 1. The fourth-order valence-corrected chi connectivity index (χ4v) is 5.73. The van der Waals surface area contributed by atoms with E-state index in [1.54, 1.807) is 18.4 Å². The van der Waals surface area contributed by atoms with Gasteiger partial charge in [-0.3, -0.25) is 14.6 Å². The maximum absolute atomic E-state index is 13.4. The average molecular weight is 461 g/mol. The molecule has 2 aliphatic heterocycles. The summed E-state index contributed by atoms with van der Waals surface area (Å²) in [5.74, 6) is 1.82. The number of piperidine rings is 1. The predicted molar refractivity (Wildman–Crippen MR) is 121 cm³/mol. The molecule has 32 heavy (non-hydrogen) atoms. The molecule has 1 N–H and O–H groups in total. The molecule has 4 rings (SSSR count). The molecule has 0 bridgehead atoms. The van der Waals surface area contributed by atoms with E-state index in [9.17, 15) is 9.59 Å². The Balaban J connectivity index is 1.36. The first-order chi connectivity index (χ1) is 15.5. The topological polar surface area (TPSA) is 87.9 Å². The smallest absolute Gasteiger partial charge is 0.325 e. The first-order valence-electron chi connectivity index (χ1n) is 11.3. The molecule has 2 aromatic rings. The SMILES string of the molecule is CCC1(C2CCN(Cc3ccc(COC)o3)CC2)NC(=O)N(CCc2scnc2C)C1=O. The number of aromatic nitrogens is 1. The fourth-order valence-electron chi connectivity index (χ4n) is 4.96. The van der Waals surface area contributed by atoms with Crippen LogP contribution in [0.4, 0.5) is 4.79 Å². The molecule has 174 valence electrons. The van der Waals surface area contributed by atoms with Crippen LogP contribution in [0.5, 0.6) is 0 Å². The van der Waals surface area contributed by atoms with Gasteiger partial charge in [0, 0.05) is 25.0 Å². The summed E-state index contributed by atoms with van der Waals surface area (Å²) >= 11 is 1.57. The van der Waals surface area contributed by atoms with Gasteiger partial charge >= 0.3 is 6.03 Å². The monoisotopic (exact) mass is 460 g/mol. The van der Waals surface area contributed by atoms with Crippen LogP contribution in [0.2, 0.25) is 0 Å². The minimum absolute atomic E-state index is 0.0686. The minimum Gasteiger partial charge on any atom is -0.462 e. The number of furan rings is 1. The lowest BCUT2D eigenvalue weighted by Crippen LogP contribution is -2.55. The molecule has 0 saturated carbocycles. The third-order valence-electron chi connectivity index (χ3n) is 6.83. The number of thiazole rings is 1. The number of hydrogen-bond acceptors (Lipinski definition) is 7. The number of carbonyl (C=O) groups is 2. The Bertz CT molecular complexity index is 949. The first-order valence-corrected chi connectivity index (χ1v) is 12.2. The fraction of sp³-hybridized carbons (Fsp3) is 0.609. The number of hydrogen-bond donors (Lipinski definition) is 1. The molecule has 2 aliphatic rings. The summed E-state index contributed by atoms with van der Waals surface area (Å²) in [6.45, 7) is 7.32. The summed E-state index contributed by atoms with van der Waals surface area (Å²) < 4.78 is 10.9. The van der Waals surface area contributed by atoms with Crippen molar-refractivity contribution in [3.63, 3.8) is 0 Å². The van der Waals surface area contributed by atoms with Gasteiger partial charge in [0.2, 0.25) is 0 Å². The van der Waals surface area contributed by atoms with Gasteiger partial charge in [-0.05, 0) is 57.3 Å². The van der Waals surface area contributed by atoms with E-state index in [0.717, 1.165) is 54.6 Å². The van der Waals surface area contributed by atoms with Gasteiger partial charge in [0.15, 0.2) is 0 Å². The van der Waals surface area contributed by atoms with Crippen molar-refractivity contribution in [2.24, 2.45) is 5.92 Å². The van der Waals surface area contributed by atoms with Crippen molar-refractivity contribution in [3.8, 4) is 0 Å². The lowest BCUT2D eigenvalue weighted by molar-refractivity contribution is -0.134. The number of amides is 3. The van der Waals surface area contributed by atoms with Crippen LogP contribution in [-0.2, 0) is 29.1 Å². The number of likely N-dealkylation sites (tertiary alicyclic amines) is 1. The van der Waals surface area contributed by atoms with Gasteiger partial charge in [-0.1, -0.05) is 6.92 Å². The Morgan fingerprint density at radius 3 is 2.69 bits per heavy atom. The Kier molecular flexibility index (Phi) is 6.97. The number of carbonyl (C=O) groups excluding carboxylic acids is 2. The quantitative estimate of drug-likeness (QED) is 0.578. The van der Waals surface area contributed by atoms with E-state index in [1.807, 2.05) is 31.5 Å². The molecule has 8 nitrogen and oxygen atoms in total. The van der Waals surface area contributed by atoms with Gasteiger partial charge in [0.05, 0.1) is 17.7 Å². The van der Waals surface area contributed by atoms with Gasteiger partial charge in [-0.25, -0.2) is 9.78 Å². The third-order valence-corrected chi connectivity index (χ3v) is 7.83. The second-order valence-corrected chi connectivity index (χ2v) is 9.61. The number of methoxy groups -OCH3 is 1. The summed E-state index contributed by atoms with van der Waals surface area (Å²) in [5, 5.41) is 3.09. The van der Waals surface area contributed by atoms with Crippen LogP contribution in [-0.4, -0.2) is 59.0 Å². The van der Waals surface area contributed by atoms with E-state index in [-0.39, 0.29) is 17.9 Å². The van der Waals surface area contributed by atoms with Crippen LogP contribution < -0.4 is 5.32 Å². The second kappa shape index (κ2) is 9.72. The number of nitrogens with one attached hydrogen (secondary N) is 1. The average Bonchev–Trinajstić information content (AvgIpc) is 3.47. The Morgan fingerprint density at radius 1 is 1.28 bits per heavy atom. The van der Waals surface area contributed by atoms with Crippen LogP contribution >= 0.6 is 11.3 Å². The summed E-state index contributed by atoms with van der Waals surface area (Å²) in [5.41, 5.74) is 1.99. The van der Waals surface area contributed by atoms with Crippen LogP contribution in [0.3, 0.4) is 0 Å². The molecule has 1 atom stereocenters. The van der Waals surface area contributed by atoms with E-state index in [0.29, 0.717) is 26.0 Å². The largest absolute Gasteiger partial charge is 0.462 e. The lowest BCUT2D eigenvalue weighted by Gasteiger charge is -2.40. The van der Waals surface area contributed by atoms with E-state index in [1.165, 1.54) is 4.90 Å². The highest BCUT2D eigenvalue weighted by Crippen LogP contribution is 2.36. The van der Waals surface area contributed by atoms with Gasteiger partial charge < -0.3 is 14.5 Å². The highest BCUT2D eigenvalue weighted by Gasteiger charge is 2.54. The van der Waals surface area contributed by atoms with Crippen LogP contribution in [0.25, 0.3) is 0 Å². The van der Waals surface area contributed by atoms with Gasteiger partial charge in [0.1, 0.15) is 23.7 Å². The predicted octanol–water partition coefficient (Wildman–Crippen LogP) is 3.35. The summed E-state index contributed by atoms with van der Waals surface area (Å²) in [4.78, 5) is 35.3. The van der Waals surface area contributed by atoms with E-state index >= 15 is 0 Å². The van der Waals surface area contributed by atoms with E-state index in [4.69, 9.17) is 9.15 Å². The molecule has 0 aliphatic carbocycles. The molecule has 2 fully saturated rings. The number of imide groups is 1. The van der Waals surface area contributed by atoms with Gasteiger partial charge in [-0.15, -0.1) is 11.3 Å². The highest BCUT2D eigenvalue weighted by atomic mass is 32.1. The molecule has 0 spiro atoms. The van der Waals surface area contributed by atoms with E-state index in [2.05, 4.69) is 15.2 Å². The van der Waals surface area contributed by atoms with E-state index < -0.39 is 5.54 Å². The molecule has 0 aromatic carbocycles. The van der Waals surface area contributed by atoms with Crippen molar-refractivity contribution in [2.75, 3.05) is 26.7 Å². The first kappa shape index (κ1) is 22.9. The summed E-state index contributed by atoms with van der Waals surface area (Å²) in [6.07, 6.45) is 3.00. The standard InChI is InChI=1S/C23H32N4O4S/c1-4-23(21(28)27(22(29)25-23)12-9-20-16(2)24-15-32-20)17-7-10-26(11-8-17)13-18-5-6-19(31-18)14-30-3/h5-6,15,17H,4,7-14H2,1-3H3,(H,25,29). The Labute approximate surface area is 192 Å². The normalized spacial score (nSPS) is 22.7. The maximum Gasteiger partial charge on any atom is 0.325 e. The lowest BCUT2D eigenvalue weighted by atomic mass is 9.75. The maximum atomic E-state index is 13.4. The number of nitrogens with zero attached hydrogens (tertiary/aromatic N) is 3. The Morgan fingerprint density at radius 2 is 2.03 bits per heavy atom. The molecule has 3 amide bonds. The highest BCUT2D eigenvalue weighted by molar-refractivity contribution is 7.09. The van der Waals surface area contributed by atoms with Crippen molar-refractivity contribution in [2.45, 2.75) is 58.2 Å². The third kappa shape index (κ3) is 4.46. The zero-order valence-electron chi connectivity index (χ0n) is 19.1. The van der Waals surface area contributed by atoms with Crippen LogP contribution in [0.15, 0.2) is 22.1 Å². The molecular formula is C23H32N4O4S. The Hall–Kier alpha value is -2.23. The van der Waals surface area contributed by atoms with Crippen molar-refractivity contribution in [1.29, 1.82) is 0 Å². The number of rotatable bonds is 9. The molecule has 2 aromatic heterocycles. The van der Waals surface area contributed by atoms with Crippen LogP contribution in [0.1, 0.15) is 48.3 Å². The van der Waals surface area contributed by atoms with Crippen molar-refractivity contribution in [3.05, 3.63) is 39.7 Å². The minimum atomic E-state index is -0.789. The van der Waals surface area contributed by atoms with Gasteiger partial charge in [-0.2, -0.15) is 0 Å². The molecule has 9 heteroatoms. The molecule has 0 radical (unpaired) electrons. The summed E-state index contributed by atoms with van der Waals surface area (Å²) in [6, 6.07) is 3.69. The number of urea groups is 1. The van der Waals surface area contributed by atoms with Crippen molar-refractivity contribution < 1.29 is 18.7 Å². The molecule has 4 heterocycles. The van der Waals surface area contributed by atoms with Crippen molar-refractivity contribution >= 4 is 23.3 Å². The van der Waals surface area contributed by atoms with Gasteiger partial charge in [0.25, 0.3) is 5.91 Å². The molecular weight excluding hydrogens is 428 g/mol. The second-order valence-electron chi connectivity index (χ2n) is 8.67. The zero-order chi connectivity index (χ0) is 22.7.